The number of hydrogen-bond acceptors (Lipinski definition) is 5. The maximum Gasteiger partial charge on any atom is 0.225 e. The number of hydrogen-bond donors (Lipinski definition) is 1. The predicted molar refractivity (Wildman–Crippen MR) is 78.8 cm³/mol. The van der Waals surface area contributed by atoms with Crippen molar-refractivity contribution in [3.05, 3.63) is 18.0 Å². The number of aliphatic hydroxyl groups is 1. The van der Waals surface area contributed by atoms with Gasteiger partial charge in [0.1, 0.15) is 0 Å². The van der Waals surface area contributed by atoms with Crippen LogP contribution in [0.3, 0.4) is 0 Å². The Labute approximate surface area is 120 Å². The highest BCUT2D eigenvalue weighted by atomic mass is 16.3. The average molecular weight is 276 g/mol. The van der Waals surface area contributed by atoms with E-state index < -0.39 is 0 Å². The van der Waals surface area contributed by atoms with E-state index in [9.17, 15) is 5.11 Å². The number of aliphatic hydroxyl groups excluding tert-OH is 1. The van der Waals surface area contributed by atoms with Crippen LogP contribution < -0.4 is 4.90 Å². The van der Waals surface area contributed by atoms with Gasteiger partial charge in [0.05, 0.1) is 6.10 Å². The SMILES string of the molecule is Cc1ccnc(N2CCN(C3CCC(O)CC3)CC2)n1. The molecule has 1 saturated heterocycles. The molecule has 5 heteroatoms. The number of aromatic nitrogens is 2. The Balaban J connectivity index is 1.54. The summed E-state index contributed by atoms with van der Waals surface area (Å²) < 4.78 is 0. The molecule has 1 N–H and O–H groups in total. The van der Waals surface area contributed by atoms with Crippen molar-refractivity contribution in [2.75, 3.05) is 31.1 Å². The molecule has 3 rings (SSSR count). The zero-order chi connectivity index (χ0) is 13.9. The standard InChI is InChI=1S/C15H24N4O/c1-12-6-7-16-15(17-12)19-10-8-18(9-11-19)13-2-4-14(20)5-3-13/h6-7,13-14,20H,2-5,8-11H2,1H3. The number of aryl methyl sites for hydroxylation is 1. The molecule has 2 aliphatic rings. The maximum atomic E-state index is 9.60. The lowest BCUT2D eigenvalue weighted by Gasteiger charge is -2.41. The Bertz CT molecular complexity index is 437. The molecule has 1 saturated carbocycles. The van der Waals surface area contributed by atoms with Crippen LogP contribution in [-0.2, 0) is 0 Å². The van der Waals surface area contributed by atoms with Crippen LogP contribution in [-0.4, -0.2) is 58.3 Å². The van der Waals surface area contributed by atoms with Crippen LogP contribution in [0.4, 0.5) is 5.95 Å². The summed E-state index contributed by atoms with van der Waals surface area (Å²) >= 11 is 0. The number of anilines is 1. The van der Waals surface area contributed by atoms with Gasteiger partial charge in [-0.2, -0.15) is 0 Å². The van der Waals surface area contributed by atoms with E-state index in [1.807, 2.05) is 19.2 Å². The first-order valence-corrected chi connectivity index (χ1v) is 7.69. The molecule has 0 spiro atoms. The quantitative estimate of drug-likeness (QED) is 0.880. The molecular formula is C15H24N4O. The Morgan fingerprint density at radius 3 is 2.45 bits per heavy atom. The van der Waals surface area contributed by atoms with Crippen LogP contribution in [0.2, 0.25) is 0 Å². The van der Waals surface area contributed by atoms with Gasteiger partial charge in [-0.05, 0) is 38.7 Å². The van der Waals surface area contributed by atoms with Gasteiger partial charge in [0.25, 0.3) is 0 Å². The van der Waals surface area contributed by atoms with E-state index >= 15 is 0 Å². The smallest absolute Gasteiger partial charge is 0.225 e. The van der Waals surface area contributed by atoms with E-state index in [1.54, 1.807) is 0 Å². The van der Waals surface area contributed by atoms with Gasteiger partial charge in [-0.3, -0.25) is 4.90 Å². The van der Waals surface area contributed by atoms with Crippen LogP contribution in [0.5, 0.6) is 0 Å². The Morgan fingerprint density at radius 2 is 1.80 bits per heavy atom. The lowest BCUT2D eigenvalue weighted by atomic mass is 9.91. The molecule has 0 amide bonds. The van der Waals surface area contributed by atoms with Crippen molar-refractivity contribution in [2.45, 2.75) is 44.8 Å². The summed E-state index contributed by atoms with van der Waals surface area (Å²) in [4.78, 5) is 13.7. The lowest BCUT2D eigenvalue weighted by molar-refractivity contribution is 0.0710. The summed E-state index contributed by atoms with van der Waals surface area (Å²) in [6.07, 6.45) is 5.99. The molecule has 5 nitrogen and oxygen atoms in total. The fourth-order valence-electron chi connectivity index (χ4n) is 3.30. The van der Waals surface area contributed by atoms with Crippen molar-refractivity contribution < 1.29 is 5.11 Å². The topological polar surface area (TPSA) is 52.5 Å². The minimum Gasteiger partial charge on any atom is -0.393 e. The van der Waals surface area contributed by atoms with E-state index in [1.165, 1.54) is 0 Å². The number of rotatable bonds is 2. The van der Waals surface area contributed by atoms with Crippen molar-refractivity contribution in [2.24, 2.45) is 0 Å². The van der Waals surface area contributed by atoms with Gasteiger partial charge in [0.15, 0.2) is 0 Å². The van der Waals surface area contributed by atoms with E-state index in [0.29, 0.717) is 6.04 Å². The van der Waals surface area contributed by atoms with Crippen molar-refractivity contribution in [3.8, 4) is 0 Å². The molecule has 20 heavy (non-hydrogen) atoms. The maximum absolute atomic E-state index is 9.60. The van der Waals surface area contributed by atoms with E-state index in [0.717, 1.165) is 63.5 Å². The second-order valence-electron chi connectivity index (χ2n) is 5.98. The molecular weight excluding hydrogens is 252 g/mol. The summed E-state index contributed by atoms with van der Waals surface area (Å²) in [5, 5.41) is 9.60. The van der Waals surface area contributed by atoms with Gasteiger partial charge in [-0.1, -0.05) is 0 Å². The Hall–Kier alpha value is -1.20. The second kappa shape index (κ2) is 6.06. The fourth-order valence-corrected chi connectivity index (χ4v) is 3.30. The summed E-state index contributed by atoms with van der Waals surface area (Å²) in [6, 6.07) is 2.60. The highest BCUT2D eigenvalue weighted by molar-refractivity contribution is 5.30. The summed E-state index contributed by atoms with van der Waals surface area (Å²) in [7, 11) is 0. The van der Waals surface area contributed by atoms with Gasteiger partial charge < -0.3 is 10.0 Å². The fraction of sp³-hybridized carbons (Fsp3) is 0.733. The average Bonchev–Trinajstić information content (AvgIpc) is 2.48. The normalized spacial score (nSPS) is 28.6. The molecule has 0 radical (unpaired) electrons. The van der Waals surface area contributed by atoms with Gasteiger partial charge in [0.2, 0.25) is 5.95 Å². The molecule has 2 heterocycles. The monoisotopic (exact) mass is 276 g/mol. The zero-order valence-electron chi connectivity index (χ0n) is 12.2. The minimum absolute atomic E-state index is 0.0618. The van der Waals surface area contributed by atoms with Crippen LogP contribution in [0.1, 0.15) is 31.4 Å². The third kappa shape index (κ3) is 3.10. The largest absolute Gasteiger partial charge is 0.393 e. The van der Waals surface area contributed by atoms with Crippen molar-refractivity contribution in [1.29, 1.82) is 0 Å². The Kier molecular flexibility index (Phi) is 4.17. The number of nitrogens with zero attached hydrogens (tertiary/aromatic N) is 4. The molecule has 1 aliphatic heterocycles. The van der Waals surface area contributed by atoms with Gasteiger partial charge in [-0.15, -0.1) is 0 Å². The van der Waals surface area contributed by atoms with Gasteiger partial charge >= 0.3 is 0 Å². The minimum atomic E-state index is -0.0618. The highest BCUT2D eigenvalue weighted by Crippen LogP contribution is 2.24. The van der Waals surface area contributed by atoms with Crippen LogP contribution >= 0.6 is 0 Å². The lowest BCUT2D eigenvalue weighted by Crippen LogP contribution is -2.51. The molecule has 0 bridgehead atoms. The molecule has 0 unspecified atom stereocenters. The molecule has 2 fully saturated rings. The second-order valence-corrected chi connectivity index (χ2v) is 5.98. The highest BCUT2D eigenvalue weighted by Gasteiger charge is 2.28. The van der Waals surface area contributed by atoms with E-state index in [-0.39, 0.29) is 6.10 Å². The van der Waals surface area contributed by atoms with Crippen molar-refractivity contribution in [3.63, 3.8) is 0 Å². The summed E-state index contributed by atoms with van der Waals surface area (Å²) in [5.41, 5.74) is 1.03. The van der Waals surface area contributed by atoms with E-state index in [4.69, 9.17) is 0 Å². The number of piperazine rings is 1. The molecule has 0 atom stereocenters. The third-order valence-electron chi connectivity index (χ3n) is 4.56. The summed E-state index contributed by atoms with van der Waals surface area (Å²) in [5.74, 6) is 0.865. The van der Waals surface area contributed by atoms with Gasteiger partial charge in [0, 0.05) is 44.1 Å². The van der Waals surface area contributed by atoms with Crippen molar-refractivity contribution >= 4 is 5.95 Å². The molecule has 1 aromatic rings. The first-order valence-electron chi connectivity index (χ1n) is 7.69. The first-order chi connectivity index (χ1) is 9.72. The Morgan fingerprint density at radius 1 is 1.10 bits per heavy atom. The third-order valence-corrected chi connectivity index (χ3v) is 4.56. The van der Waals surface area contributed by atoms with Gasteiger partial charge in [-0.25, -0.2) is 9.97 Å². The van der Waals surface area contributed by atoms with Crippen LogP contribution in [0, 0.1) is 6.92 Å². The van der Waals surface area contributed by atoms with Crippen LogP contribution in [0.15, 0.2) is 12.3 Å². The van der Waals surface area contributed by atoms with E-state index in [2.05, 4.69) is 19.8 Å². The molecule has 1 aliphatic carbocycles. The molecule has 1 aromatic heterocycles. The molecule has 110 valence electrons. The zero-order valence-corrected chi connectivity index (χ0v) is 12.2. The predicted octanol–water partition coefficient (Wildman–Crippen LogP) is 1.21. The van der Waals surface area contributed by atoms with Crippen LogP contribution in [0.25, 0.3) is 0 Å². The first kappa shape index (κ1) is 13.8. The van der Waals surface area contributed by atoms with Crippen molar-refractivity contribution in [1.82, 2.24) is 14.9 Å². The molecule has 0 aromatic carbocycles. The summed E-state index contributed by atoms with van der Waals surface area (Å²) in [6.45, 7) is 6.18.